The fourth-order valence-electron chi connectivity index (χ4n) is 3.02. The number of nitrogens with one attached hydrogen (secondary N) is 1. The van der Waals surface area contributed by atoms with Crippen LogP contribution in [0.1, 0.15) is 36.8 Å². The minimum absolute atomic E-state index is 0.211. The summed E-state index contributed by atoms with van der Waals surface area (Å²) >= 11 is 0. The number of aryl methyl sites for hydroxylation is 1. The average Bonchev–Trinajstić information content (AvgIpc) is 3.13. The summed E-state index contributed by atoms with van der Waals surface area (Å²) in [4.78, 5) is 14.3. The Kier molecular flexibility index (Phi) is 4.06. The Morgan fingerprint density at radius 2 is 2.00 bits per heavy atom. The molecule has 1 saturated heterocycles. The molecule has 1 aromatic carbocycles. The summed E-state index contributed by atoms with van der Waals surface area (Å²) in [6, 6.07) is 9.79. The van der Waals surface area contributed by atoms with E-state index >= 15 is 0 Å². The summed E-state index contributed by atoms with van der Waals surface area (Å²) < 4.78 is 0. The highest BCUT2D eigenvalue weighted by Gasteiger charge is 2.28. The van der Waals surface area contributed by atoms with Gasteiger partial charge in [0.05, 0.1) is 6.54 Å². The maximum atomic E-state index is 11.9. The lowest BCUT2D eigenvalue weighted by molar-refractivity contribution is -0.122. The Hall–Kier alpha value is -1.35. The highest BCUT2D eigenvalue weighted by molar-refractivity contribution is 5.78. The molecule has 0 radical (unpaired) electrons. The molecule has 3 nitrogen and oxygen atoms in total. The predicted octanol–water partition coefficient (Wildman–Crippen LogP) is 2.28. The second-order valence-corrected chi connectivity index (χ2v) is 6.30. The van der Waals surface area contributed by atoms with Crippen molar-refractivity contribution in [3.05, 3.63) is 35.4 Å². The van der Waals surface area contributed by atoms with Crippen LogP contribution in [0, 0.1) is 6.92 Å². The van der Waals surface area contributed by atoms with Crippen LogP contribution >= 0.6 is 0 Å². The van der Waals surface area contributed by atoms with Crippen LogP contribution < -0.4 is 5.32 Å². The topological polar surface area (TPSA) is 32.3 Å². The zero-order valence-electron chi connectivity index (χ0n) is 12.3. The minimum Gasteiger partial charge on any atom is -0.352 e. The largest absolute Gasteiger partial charge is 0.352 e. The number of likely N-dealkylation sites (tertiary alicyclic amines) is 1. The normalized spacial score (nSPS) is 22.9. The van der Waals surface area contributed by atoms with Crippen LogP contribution in [0.2, 0.25) is 0 Å². The van der Waals surface area contributed by atoms with Crippen molar-refractivity contribution in [2.24, 2.45) is 0 Å². The SMILES string of the molecule is Cc1ccc(CC2CCCN2CC(=O)NC2CC2)cc1. The van der Waals surface area contributed by atoms with E-state index in [1.54, 1.807) is 0 Å². The second kappa shape index (κ2) is 5.96. The number of nitrogens with zero attached hydrogens (tertiary/aromatic N) is 1. The second-order valence-electron chi connectivity index (χ2n) is 6.30. The van der Waals surface area contributed by atoms with Crippen LogP contribution in [0.15, 0.2) is 24.3 Å². The molecule has 1 amide bonds. The van der Waals surface area contributed by atoms with Crippen molar-refractivity contribution in [1.82, 2.24) is 10.2 Å². The molecule has 3 rings (SSSR count). The van der Waals surface area contributed by atoms with Crippen LogP contribution in [0.5, 0.6) is 0 Å². The van der Waals surface area contributed by atoms with E-state index in [1.807, 2.05) is 0 Å². The van der Waals surface area contributed by atoms with Crippen molar-refractivity contribution in [2.75, 3.05) is 13.1 Å². The first-order chi connectivity index (χ1) is 9.70. The van der Waals surface area contributed by atoms with E-state index in [1.165, 1.54) is 36.8 Å². The molecular formula is C17H24N2O. The van der Waals surface area contributed by atoms with Crippen molar-refractivity contribution in [3.63, 3.8) is 0 Å². The molecule has 0 aromatic heterocycles. The number of benzene rings is 1. The van der Waals surface area contributed by atoms with E-state index in [4.69, 9.17) is 0 Å². The third-order valence-corrected chi connectivity index (χ3v) is 4.38. The zero-order valence-corrected chi connectivity index (χ0v) is 12.3. The summed E-state index contributed by atoms with van der Waals surface area (Å²) in [6.07, 6.45) is 5.83. The van der Waals surface area contributed by atoms with Crippen LogP contribution in [0.25, 0.3) is 0 Å². The van der Waals surface area contributed by atoms with Gasteiger partial charge < -0.3 is 5.32 Å². The van der Waals surface area contributed by atoms with E-state index in [2.05, 4.69) is 41.4 Å². The van der Waals surface area contributed by atoms with E-state index in [-0.39, 0.29) is 5.91 Å². The fourth-order valence-corrected chi connectivity index (χ4v) is 3.02. The van der Waals surface area contributed by atoms with Crippen LogP contribution in [0.4, 0.5) is 0 Å². The van der Waals surface area contributed by atoms with Crippen LogP contribution in [-0.2, 0) is 11.2 Å². The van der Waals surface area contributed by atoms with E-state index in [0.717, 1.165) is 13.0 Å². The number of carbonyl (C=O) groups is 1. The Bertz CT molecular complexity index is 464. The molecule has 1 aliphatic carbocycles. The predicted molar refractivity (Wildman–Crippen MR) is 80.6 cm³/mol. The summed E-state index contributed by atoms with van der Waals surface area (Å²) in [6.45, 7) is 3.76. The third kappa shape index (κ3) is 3.60. The van der Waals surface area contributed by atoms with Gasteiger partial charge in [-0.15, -0.1) is 0 Å². The Balaban J connectivity index is 1.54. The van der Waals surface area contributed by atoms with Gasteiger partial charge in [-0.05, 0) is 51.1 Å². The summed E-state index contributed by atoms with van der Waals surface area (Å²) in [7, 11) is 0. The summed E-state index contributed by atoms with van der Waals surface area (Å²) in [5.41, 5.74) is 2.69. The van der Waals surface area contributed by atoms with Gasteiger partial charge in [-0.1, -0.05) is 29.8 Å². The Morgan fingerprint density at radius 3 is 2.70 bits per heavy atom. The third-order valence-electron chi connectivity index (χ3n) is 4.38. The Morgan fingerprint density at radius 1 is 1.25 bits per heavy atom. The quantitative estimate of drug-likeness (QED) is 0.892. The van der Waals surface area contributed by atoms with Gasteiger partial charge in [-0.2, -0.15) is 0 Å². The first kappa shape index (κ1) is 13.6. The number of hydrogen-bond acceptors (Lipinski definition) is 2. The van der Waals surface area contributed by atoms with Gasteiger partial charge in [0.25, 0.3) is 0 Å². The van der Waals surface area contributed by atoms with Gasteiger partial charge in [0.15, 0.2) is 0 Å². The molecule has 1 N–H and O–H groups in total. The van der Waals surface area contributed by atoms with Gasteiger partial charge in [0.1, 0.15) is 0 Å². The van der Waals surface area contributed by atoms with Gasteiger partial charge in [0, 0.05) is 12.1 Å². The van der Waals surface area contributed by atoms with Gasteiger partial charge in [-0.25, -0.2) is 0 Å². The fraction of sp³-hybridized carbons (Fsp3) is 0.588. The maximum Gasteiger partial charge on any atom is 0.234 e. The average molecular weight is 272 g/mol. The van der Waals surface area contributed by atoms with Gasteiger partial charge in [0.2, 0.25) is 5.91 Å². The number of amides is 1. The van der Waals surface area contributed by atoms with Crippen molar-refractivity contribution in [3.8, 4) is 0 Å². The molecule has 0 bridgehead atoms. The minimum atomic E-state index is 0.211. The first-order valence-corrected chi connectivity index (χ1v) is 7.79. The van der Waals surface area contributed by atoms with Crippen molar-refractivity contribution >= 4 is 5.91 Å². The van der Waals surface area contributed by atoms with Gasteiger partial charge in [-0.3, -0.25) is 9.69 Å². The lowest BCUT2D eigenvalue weighted by Gasteiger charge is -2.24. The highest BCUT2D eigenvalue weighted by atomic mass is 16.2. The van der Waals surface area contributed by atoms with Crippen LogP contribution in [-0.4, -0.2) is 36.0 Å². The molecular weight excluding hydrogens is 248 g/mol. The maximum absolute atomic E-state index is 11.9. The molecule has 2 aliphatic rings. The number of hydrogen-bond donors (Lipinski definition) is 1. The highest BCUT2D eigenvalue weighted by Crippen LogP contribution is 2.22. The van der Waals surface area contributed by atoms with Gasteiger partial charge >= 0.3 is 0 Å². The molecule has 1 heterocycles. The molecule has 3 heteroatoms. The molecule has 108 valence electrons. The monoisotopic (exact) mass is 272 g/mol. The lowest BCUT2D eigenvalue weighted by atomic mass is 10.0. The number of rotatable bonds is 5. The summed E-state index contributed by atoms with van der Waals surface area (Å²) in [5.74, 6) is 0.211. The smallest absolute Gasteiger partial charge is 0.234 e. The lowest BCUT2D eigenvalue weighted by Crippen LogP contribution is -2.41. The molecule has 1 aliphatic heterocycles. The first-order valence-electron chi connectivity index (χ1n) is 7.79. The van der Waals surface area contributed by atoms with E-state index in [0.29, 0.717) is 18.6 Å². The van der Waals surface area contributed by atoms with E-state index in [9.17, 15) is 4.79 Å². The molecule has 1 unspecified atom stereocenters. The molecule has 1 saturated carbocycles. The molecule has 0 spiro atoms. The summed E-state index contributed by atoms with van der Waals surface area (Å²) in [5, 5.41) is 3.09. The molecule has 2 fully saturated rings. The van der Waals surface area contributed by atoms with Crippen molar-refractivity contribution < 1.29 is 4.79 Å². The Labute approximate surface area is 121 Å². The standard InChI is InChI=1S/C17H24N2O/c1-13-4-6-14(7-5-13)11-16-3-2-10-19(16)12-17(20)18-15-8-9-15/h4-7,15-16H,2-3,8-12H2,1H3,(H,18,20). The van der Waals surface area contributed by atoms with Crippen molar-refractivity contribution in [2.45, 2.75) is 51.1 Å². The molecule has 1 atom stereocenters. The van der Waals surface area contributed by atoms with Crippen molar-refractivity contribution in [1.29, 1.82) is 0 Å². The molecule has 1 aromatic rings. The molecule has 20 heavy (non-hydrogen) atoms. The zero-order chi connectivity index (χ0) is 13.9. The number of carbonyl (C=O) groups excluding carboxylic acids is 1. The van der Waals surface area contributed by atoms with Crippen LogP contribution in [0.3, 0.4) is 0 Å². The van der Waals surface area contributed by atoms with E-state index < -0.39 is 0 Å².